The van der Waals surface area contributed by atoms with Crippen molar-refractivity contribution in [3.8, 4) is 11.3 Å². The number of nitrogens with zero attached hydrogens (tertiary/aromatic N) is 6. The van der Waals surface area contributed by atoms with Crippen LogP contribution in [0.1, 0.15) is 33.4 Å². The summed E-state index contributed by atoms with van der Waals surface area (Å²) in [4.78, 5) is 30.4. The average Bonchev–Trinajstić information content (AvgIpc) is 3.61. The third-order valence-corrected chi connectivity index (χ3v) is 6.78. The first-order valence-electron chi connectivity index (χ1n) is 10.6. The van der Waals surface area contributed by atoms with Crippen molar-refractivity contribution < 1.29 is 18.5 Å². The predicted octanol–water partition coefficient (Wildman–Crippen LogP) is 3.72. The summed E-state index contributed by atoms with van der Waals surface area (Å²) < 4.78 is 20.4. The average molecular weight is 491 g/mol. The largest absolute Gasteiger partial charge is 0.466 e. The van der Waals surface area contributed by atoms with Crippen LogP contribution >= 0.6 is 11.3 Å². The highest BCUT2D eigenvalue weighted by molar-refractivity contribution is 7.17. The molecule has 6 heterocycles. The molecule has 0 atom stereocenters. The molecule has 0 aliphatic carbocycles. The second kappa shape index (κ2) is 7.60. The molecule has 0 fully saturated rings. The van der Waals surface area contributed by atoms with Crippen LogP contribution in [-0.2, 0) is 18.4 Å². The van der Waals surface area contributed by atoms with Gasteiger partial charge in [0, 0.05) is 12.6 Å². The minimum atomic E-state index is -0.592. The number of furan rings is 1. The van der Waals surface area contributed by atoms with E-state index in [1.807, 2.05) is 31.4 Å². The monoisotopic (exact) mass is 490 g/mol. The van der Waals surface area contributed by atoms with Gasteiger partial charge in [0.05, 0.1) is 27.9 Å². The van der Waals surface area contributed by atoms with Crippen LogP contribution in [0.3, 0.4) is 0 Å². The van der Waals surface area contributed by atoms with Crippen LogP contribution in [0.2, 0.25) is 0 Å². The quantitative estimate of drug-likeness (QED) is 0.339. The summed E-state index contributed by atoms with van der Waals surface area (Å²) >= 11 is 1.33. The maximum atomic E-state index is 13.3. The molecular formula is C23H18N6O5S. The van der Waals surface area contributed by atoms with Gasteiger partial charge in [0.15, 0.2) is 12.4 Å². The summed E-state index contributed by atoms with van der Waals surface area (Å²) in [7, 11) is 1.63. The number of carbonyl (C=O) groups excluding carboxylic acids is 1. The molecule has 176 valence electrons. The summed E-state index contributed by atoms with van der Waals surface area (Å²) in [5, 5.41) is 14.6. The van der Waals surface area contributed by atoms with E-state index in [0.29, 0.717) is 44.4 Å². The number of carbonyl (C=O) groups is 1. The molecule has 6 rings (SSSR count). The standard InChI is InChI=1S/C23H18N6O5S/c1-10-7-13(12(3)33-10)15-8-14(18-11(2)27-34-20(18)24-15)22(31)32-9-17-25-26-23-28(4)21(30)19-16(29(17)23)5-6-35-19/h5-8H,9H2,1-4H3. The smallest absolute Gasteiger partial charge is 0.339 e. The number of aromatic nitrogens is 6. The van der Waals surface area contributed by atoms with E-state index in [-0.39, 0.29) is 23.4 Å². The van der Waals surface area contributed by atoms with Crippen molar-refractivity contribution in [2.75, 3.05) is 0 Å². The zero-order valence-electron chi connectivity index (χ0n) is 19.1. The van der Waals surface area contributed by atoms with Gasteiger partial charge >= 0.3 is 5.97 Å². The van der Waals surface area contributed by atoms with Crippen LogP contribution in [0.5, 0.6) is 0 Å². The van der Waals surface area contributed by atoms with Gasteiger partial charge in [-0.05, 0) is 44.4 Å². The van der Waals surface area contributed by atoms with Gasteiger partial charge in [0.2, 0.25) is 5.78 Å². The molecule has 0 N–H and O–H groups in total. The van der Waals surface area contributed by atoms with Gasteiger partial charge in [-0.2, -0.15) is 0 Å². The SMILES string of the molecule is Cc1cc(-c2cc(C(=O)OCc3nnc4n(C)c(=O)c5sccc5n34)c3c(C)noc3n2)c(C)o1. The summed E-state index contributed by atoms with van der Waals surface area (Å²) in [6.07, 6.45) is 0. The summed E-state index contributed by atoms with van der Waals surface area (Å²) in [5.41, 5.74) is 2.79. The number of fused-ring (bicyclic) bond motifs is 4. The fraction of sp³-hybridized carbons (Fsp3) is 0.217. The van der Waals surface area contributed by atoms with E-state index in [4.69, 9.17) is 13.7 Å². The van der Waals surface area contributed by atoms with Crippen LogP contribution in [0, 0.1) is 20.8 Å². The van der Waals surface area contributed by atoms with Gasteiger partial charge in [0.1, 0.15) is 16.2 Å². The van der Waals surface area contributed by atoms with E-state index in [0.717, 1.165) is 11.3 Å². The molecule has 0 radical (unpaired) electrons. The molecule has 6 aromatic rings. The Hall–Kier alpha value is -4.32. The molecular weight excluding hydrogens is 472 g/mol. The summed E-state index contributed by atoms with van der Waals surface area (Å²) in [6, 6.07) is 5.31. The highest BCUT2D eigenvalue weighted by Gasteiger charge is 2.23. The van der Waals surface area contributed by atoms with Crippen LogP contribution in [0.15, 0.2) is 37.3 Å². The molecule has 0 saturated heterocycles. The zero-order chi connectivity index (χ0) is 24.4. The van der Waals surface area contributed by atoms with E-state index in [9.17, 15) is 9.59 Å². The van der Waals surface area contributed by atoms with Crippen molar-refractivity contribution in [1.29, 1.82) is 0 Å². The minimum absolute atomic E-state index is 0.155. The van der Waals surface area contributed by atoms with E-state index in [1.54, 1.807) is 24.4 Å². The first kappa shape index (κ1) is 21.2. The predicted molar refractivity (Wildman–Crippen MR) is 126 cm³/mol. The molecule has 12 heteroatoms. The zero-order valence-corrected chi connectivity index (χ0v) is 20.0. The molecule has 35 heavy (non-hydrogen) atoms. The molecule has 0 amide bonds. The van der Waals surface area contributed by atoms with Gasteiger partial charge in [-0.1, -0.05) is 5.16 Å². The van der Waals surface area contributed by atoms with E-state index < -0.39 is 5.97 Å². The van der Waals surface area contributed by atoms with Gasteiger partial charge < -0.3 is 13.7 Å². The number of aryl methyl sites for hydroxylation is 4. The van der Waals surface area contributed by atoms with E-state index in [2.05, 4.69) is 20.3 Å². The normalized spacial score (nSPS) is 11.8. The fourth-order valence-corrected chi connectivity index (χ4v) is 5.08. The second-order valence-corrected chi connectivity index (χ2v) is 9.07. The highest BCUT2D eigenvalue weighted by Crippen LogP contribution is 2.31. The first-order chi connectivity index (χ1) is 16.8. The van der Waals surface area contributed by atoms with Crippen molar-refractivity contribution in [2.24, 2.45) is 7.05 Å². The third-order valence-electron chi connectivity index (χ3n) is 5.88. The molecule has 0 bridgehead atoms. The van der Waals surface area contributed by atoms with Crippen LogP contribution in [-0.4, -0.2) is 35.3 Å². The Bertz CT molecular complexity index is 1850. The van der Waals surface area contributed by atoms with Crippen LogP contribution in [0.4, 0.5) is 0 Å². The Morgan fingerprint density at radius 3 is 2.80 bits per heavy atom. The lowest BCUT2D eigenvalue weighted by Crippen LogP contribution is -2.19. The lowest BCUT2D eigenvalue weighted by molar-refractivity contribution is 0.0463. The van der Waals surface area contributed by atoms with Gasteiger partial charge in [-0.15, -0.1) is 21.5 Å². The molecule has 0 aromatic carbocycles. The lowest BCUT2D eigenvalue weighted by Gasteiger charge is -2.08. The van der Waals surface area contributed by atoms with Gasteiger partial charge in [-0.25, -0.2) is 9.78 Å². The number of pyridine rings is 1. The number of ether oxygens (including phenoxy) is 1. The molecule has 0 spiro atoms. The molecule has 11 nitrogen and oxygen atoms in total. The number of thiophene rings is 1. The van der Waals surface area contributed by atoms with Crippen molar-refractivity contribution >= 4 is 44.4 Å². The summed E-state index contributed by atoms with van der Waals surface area (Å²) in [6.45, 7) is 5.24. The lowest BCUT2D eigenvalue weighted by atomic mass is 10.1. The maximum absolute atomic E-state index is 13.3. The topological polar surface area (TPSA) is 131 Å². The third kappa shape index (κ3) is 3.17. The fourth-order valence-electron chi connectivity index (χ4n) is 4.23. The van der Waals surface area contributed by atoms with Crippen molar-refractivity contribution in [3.63, 3.8) is 0 Å². The first-order valence-corrected chi connectivity index (χ1v) is 11.5. The molecule has 0 unspecified atom stereocenters. The number of hydrogen-bond donors (Lipinski definition) is 0. The number of hydrogen-bond acceptors (Lipinski definition) is 10. The van der Waals surface area contributed by atoms with Crippen molar-refractivity contribution in [1.82, 2.24) is 29.3 Å². The second-order valence-electron chi connectivity index (χ2n) is 8.16. The Morgan fingerprint density at radius 1 is 1.20 bits per heavy atom. The Morgan fingerprint density at radius 2 is 2.03 bits per heavy atom. The summed E-state index contributed by atoms with van der Waals surface area (Å²) in [5.74, 6) is 1.56. The van der Waals surface area contributed by atoms with Crippen LogP contribution in [0.25, 0.3) is 38.4 Å². The minimum Gasteiger partial charge on any atom is -0.466 e. The Balaban J connectivity index is 1.41. The molecule has 0 aliphatic rings. The van der Waals surface area contributed by atoms with Gasteiger partial charge in [0.25, 0.3) is 11.3 Å². The van der Waals surface area contributed by atoms with Crippen molar-refractivity contribution in [3.05, 3.63) is 62.5 Å². The maximum Gasteiger partial charge on any atom is 0.339 e. The number of rotatable bonds is 4. The van der Waals surface area contributed by atoms with E-state index >= 15 is 0 Å². The highest BCUT2D eigenvalue weighted by atomic mass is 32.1. The number of esters is 1. The Kier molecular flexibility index (Phi) is 4.61. The van der Waals surface area contributed by atoms with Gasteiger partial charge in [-0.3, -0.25) is 13.8 Å². The molecule has 0 aliphatic heterocycles. The van der Waals surface area contributed by atoms with Crippen LogP contribution < -0.4 is 5.56 Å². The van der Waals surface area contributed by atoms with Crippen molar-refractivity contribution in [2.45, 2.75) is 27.4 Å². The van der Waals surface area contributed by atoms with E-state index in [1.165, 1.54) is 15.9 Å². The molecule has 0 saturated carbocycles. The molecule has 6 aromatic heterocycles. The Labute approximate surface area is 200 Å².